The SMILES string of the molecule is COc1ccc(NC(=O)CSc2nccc(-c3ccc4ccccc4c3)n2)c([N+](=O)[O-])c1. The largest absolute Gasteiger partial charge is 0.496 e. The van der Waals surface area contributed by atoms with Crippen molar-refractivity contribution < 1.29 is 14.5 Å². The van der Waals surface area contributed by atoms with Gasteiger partial charge in [0.25, 0.3) is 5.69 Å². The summed E-state index contributed by atoms with van der Waals surface area (Å²) in [6.45, 7) is 0. The van der Waals surface area contributed by atoms with Crippen LogP contribution in [0.4, 0.5) is 11.4 Å². The van der Waals surface area contributed by atoms with E-state index in [0.29, 0.717) is 10.9 Å². The molecular formula is C23H18N4O4S. The van der Waals surface area contributed by atoms with Gasteiger partial charge in [0.1, 0.15) is 11.4 Å². The van der Waals surface area contributed by atoms with Gasteiger partial charge in [-0.2, -0.15) is 0 Å². The fourth-order valence-corrected chi connectivity index (χ4v) is 3.76. The second-order valence-corrected chi connectivity index (χ2v) is 7.71. The molecule has 0 saturated carbocycles. The van der Waals surface area contributed by atoms with E-state index >= 15 is 0 Å². The van der Waals surface area contributed by atoms with Crippen LogP contribution in [0.15, 0.2) is 78.1 Å². The van der Waals surface area contributed by atoms with Crippen LogP contribution in [0.1, 0.15) is 0 Å². The van der Waals surface area contributed by atoms with Gasteiger partial charge >= 0.3 is 0 Å². The number of carbonyl (C=O) groups excluding carboxylic acids is 1. The number of carbonyl (C=O) groups is 1. The number of thioether (sulfide) groups is 1. The Hall–Kier alpha value is -3.98. The molecule has 0 fully saturated rings. The molecule has 1 aromatic heterocycles. The molecule has 1 N–H and O–H groups in total. The molecule has 4 rings (SSSR count). The number of nitrogens with zero attached hydrogens (tertiary/aromatic N) is 3. The maximum absolute atomic E-state index is 12.4. The van der Waals surface area contributed by atoms with Crippen LogP contribution in [0, 0.1) is 10.1 Å². The fraction of sp³-hybridized carbons (Fsp3) is 0.0870. The van der Waals surface area contributed by atoms with Crippen molar-refractivity contribution in [2.45, 2.75) is 5.16 Å². The van der Waals surface area contributed by atoms with E-state index in [2.05, 4.69) is 21.4 Å². The van der Waals surface area contributed by atoms with Gasteiger partial charge in [0, 0.05) is 11.8 Å². The third kappa shape index (κ3) is 4.84. The molecule has 8 nitrogen and oxygen atoms in total. The summed E-state index contributed by atoms with van der Waals surface area (Å²) in [7, 11) is 1.42. The summed E-state index contributed by atoms with van der Waals surface area (Å²) in [5.41, 5.74) is 1.56. The van der Waals surface area contributed by atoms with E-state index in [-0.39, 0.29) is 17.1 Å². The second-order valence-electron chi connectivity index (χ2n) is 6.76. The first kappa shape index (κ1) is 21.3. The predicted molar refractivity (Wildman–Crippen MR) is 124 cm³/mol. The summed E-state index contributed by atoms with van der Waals surface area (Å²) in [5.74, 6) is -0.0596. The summed E-state index contributed by atoms with van der Waals surface area (Å²) in [5, 5.41) is 16.5. The van der Waals surface area contributed by atoms with E-state index in [0.717, 1.165) is 33.8 Å². The Labute approximate surface area is 187 Å². The summed E-state index contributed by atoms with van der Waals surface area (Å²) in [4.78, 5) is 31.9. The van der Waals surface area contributed by atoms with E-state index in [1.807, 2.05) is 42.5 Å². The minimum Gasteiger partial charge on any atom is -0.496 e. The molecule has 0 bridgehead atoms. The van der Waals surface area contributed by atoms with Gasteiger partial charge < -0.3 is 10.1 Å². The molecule has 0 saturated heterocycles. The van der Waals surface area contributed by atoms with Crippen LogP contribution in [-0.2, 0) is 4.79 Å². The number of nitro groups is 1. The number of anilines is 1. The highest BCUT2D eigenvalue weighted by Crippen LogP contribution is 2.29. The molecule has 32 heavy (non-hydrogen) atoms. The van der Waals surface area contributed by atoms with Crippen molar-refractivity contribution in [3.8, 4) is 17.0 Å². The van der Waals surface area contributed by atoms with E-state index < -0.39 is 10.8 Å². The maximum Gasteiger partial charge on any atom is 0.296 e. The number of benzene rings is 3. The number of nitro benzene ring substituents is 1. The first-order chi connectivity index (χ1) is 15.5. The van der Waals surface area contributed by atoms with E-state index in [1.54, 1.807) is 12.3 Å². The Morgan fingerprint density at radius 3 is 2.69 bits per heavy atom. The summed E-state index contributed by atoms with van der Waals surface area (Å²) < 4.78 is 5.00. The van der Waals surface area contributed by atoms with Crippen molar-refractivity contribution in [2.24, 2.45) is 0 Å². The monoisotopic (exact) mass is 446 g/mol. The Kier molecular flexibility index (Phi) is 6.27. The van der Waals surface area contributed by atoms with Gasteiger partial charge in [-0.15, -0.1) is 0 Å². The molecule has 4 aromatic rings. The smallest absolute Gasteiger partial charge is 0.296 e. The van der Waals surface area contributed by atoms with Crippen molar-refractivity contribution in [3.63, 3.8) is 0 Å². The zero-order valence-corrected chi connectivity index (χ0v) is 17.8. The minimum absolute atomic E-state index is 0.00432. The molecule has 0 radical (unpaired) electrons. The normalized spacial score (nSPS) is 10.7. The summed E-state index contributed by atoms with van der Waals surface area (Å²) in [6, 6.07) is 20.2. The molecule has 0 atom stereocenters. The van der Waals surface area contributed by atoms with E-state index in [1.165, 1.54) is 19.2 Å². The Bertz CT molecular complexity index is 1310. The lowest BCUT2D eigenvalue weighted by Crippen LogP contribution is -2.15. The Balaban J connectivity index is 1.45. The number of amides is 1. The van der Waals surface area contributed by atoms with Crippen molar-refractivity contribution in [2.75, 3.05) is 18.2 Å². The third-order valence-corrected chi connectivity index (χ3v) is 5.55. The molecule has 0 aliphatic rings. The molecule has 1 amide bonds. The average molecular weight is 446 g/mol. The van der Waals surface area contributed by atoms with Crippen LogP contribution >= 0.6 is 11.8 Å². The number of rotatable bonds is 7. The Morgan fingerprint density at radius 2 is 1.91 bits per heavy atom. The van der Waals surface area contributed by atoms with Gasteiger partial charge in [0.2, 0.25) is 5.91 Å². The standard InChI is InChI=1S/C23H18N4O4S/c1-31-18-8-9-20(21(13-18)27(29)30)25-22(28)14-32-23-24-11-10-19(26-23)17-7-6-15-4-2-3-5-16(15)12-17/h2-13H,14H2,1H3,(H,25,28). The minimum atomic E-state index is -0.568. The Morgan fingerprint density at radius 1 is 1.09 bits per heavy atom. The van der Waals surface area contributed by atoms with Crippen LogP contribution in [0.25, 0.3) is 22.0 Å². The first-order valence-corrected chi connectivity index (χ1v) is 10.6. The second kappa shape index (κ2) is 9.44. The van der Waals surface area contributed by atoms with E-state index in [4.69, 9.17) is 4.74 Å². The highest BCUT2D eigenvalue weighted by Gasteiger charge is 2.17. The highest BCUT2D eigenvalue weighted by molar-refractivity contribution is 7.99. The van der Waals surface area contributed by atoms with Crippen molar-refractivity contribution in [1.82, 2.24) is 9.97 Å². The lowest BCUT2D eigenvalue weighted by atomic mass is 10.1. The lowest BCUT2D eigenvalue weighted by Gasteiger charge is -2.08. The number of aromatic nitrogens is 2. The number of methoxy groups -OCH3 is 1. The molecule has 1 heterocycles. The van der Waals surface area contributed by atoms with Crippen LogP contribution in [0.2, 0.25) is 0 Å². The van der Waals surface area contributed by atoms with Crippen LogP contribution in [-0.4, -0.2) is 33.7 Å². The fourth-order valence-electron chi connectivity index (χ4n) is 3.13. The summed E-state index contributed by atoms with van der Waals surface area (Å²) in [6.07, 6.45) is 1.64. The third-order valence-electron chi connectivity index (χ3n) is 4.69. The average Bonchev–Trinajstić information content (AvgIpc) is 2.82. The van der Waals surface area contributed by atoms with Gasteiger partial charge in [-0.25, -0.2) is 9.97 Å². The molecule has 0 unspecified atom stereocenters. The quantitative estimate of drug-likeness (QED) is 0.185. The topological polar surface area (TPSA) is 107 Å². The van der Waals surface area contributed by atoms with Gasteiger partial charge in [0.15, 0.2) is 5.16 Å². The van der Waals surface area contributed by atoms with Gasteiger partial charge in [0.05, 0.1) is 29.5 Å². The zero-order valence-electron chi connectivity index (χ0n) is 17.0. The van der Waals surface area contributed by atoms with Gasteiger partial charge in [-0.1, -0.05) is 48.2 Å². The van der Waals surface area contributed by atoms with E-state index in [9.17, 15) is 14.9 Å². The predicted octanol–water partition coefficient (Wildman–Crippen LogP) is 4.94. The summed E-state index contributed by atoms with van der Waals surface area (Å²) >= 11 is 1.15. The lowest BCUT2D eigenvalue weighted by molar-refractivity contribution is -0.384. The zero-order chi connectivity index (χ0) is 22.5. The number of ether oxygens (including phenoxy) is 1. The van der Waals surface area contributed by atoms with Crippen LogP contribution < -0.4 is 10.1 Å². The molecule has 9 heteroatoms. The molecule has 0 aliphatic carbocycles. The highest BCUT2D eigenvalue weighted by atomic mass is 32.2. The molecule has 0 aliphatic heterocycles. The van der Waals surface area contributed by atoms with Crippen LogP contribution in [0.5, 0.6) is 5.75 Å². The molecule has 3 aromatic carbocycles. The van der Waals surface area contributed by atoms with Crippen molar-refractivity contribution in [1.29, 1.82) is 0 Å². The number of hydrogen-bond acceptors (Lipinski definition) is 7. The molecule has 160 valence electrons. The molecular weight excluding hydrogens is 428 g/mol. The molecule has 0 spiro atoms. The first-order valence-electron chi connectivity index (χ1n) is 9.61. The van der Waals surface area contributed by atoms with Crippen LogP contribution in [0.3, 0.4) is 0 Å². The number of fused-ring (bicyclic) bond motifs is 1. The maximum atomic E-state index is 12.4. The van der Waals surface area contributed by atoms with Crippen molar-refractivity contribution in [3.05, 3.63) is 83.0 Å². The van der Waals surface area contributed by atoms with Gasteiger partial charge in [-0.3, -0.25) is 14.9 Å². The number of nitrogens with one attached hydrogen (secondary N) is 1. The van der Waals surface area contributed by atoms with Crippen molar-refractivity contribution >= 4 is 39.8 Å². The van der Waals surface area contributed by atoms with Gasteiger partial charge in [-0.05, 0) is 35.0 Å². The number of hydrogen-bond donors (Lipinski definition) is 1.